The molecule has 1 aromatic heterocycles. The van der Waals surface area contributed by atoms with Gasteiger partial charge in [0.1, 0.15) is 5.82 Å². The Labute approximate surface area is 156 Å². The number of nitrogens with one attached hydrogen (secondary N) is 1. The van der Waals surface area contributed by atoms with Gasteiger partial charge in [-0.1, -0.05) is 12.1 Å². The smallest absolute Gasteiger partial charge is 0.290 e. The predicted molar refractivity (Wildman–Crippen MR) is 95.8 cm³/mol. The SMILES string of the molecule is C[NH+](C)CCCN1C(=O)C(O)=C(C(=O)c2ccco2)[C@@H]1c1ccc(F)cc1. The summed E-state index contributed by atoms with van der Waals surface area (Å²) in [7, 11) is 4.01. The minimum Gasteiger partial charge on any atom is -0.503 e. The number of benzene rings is 1. The molecule has 2 N–H and O–H groups in total. The van der Waals surface area contributed by atoms with Gasteiger partial charge in [-0.15, -0.1) is 0 Å². The molecule has 27 heavy (non-hydrogen) atoms. The lowest BCUT2D eigenvalue weighted by Gasteiger charge is -2.26. The van der Waals surface area contributed by atoms with E-state index >= 15 is 0 Å². The first kappa shape index (κ1) is 18.8. The molecule has 0 aliphatic carbocycles. The first-order valence-corrected chi connectivity index (χ1v) is 8.77. The van der Waals surface area contributed by atoms with Crippen LogP contribution < -0.4 is 4.90 Å². The van der Waals surface area contributed by atoms with Crippen molar-refractivity contribution < 1.29 is 28.4 Å². The van der Waals surface area contributed by atoms with Crippen molar-refractivity contribution in [2.75, 3.05) is 27.2 Å². The lowest BCUT2D eigenvalue weighted by Crippen LogP contribution is -3.05. The van der Waals surface area contributed by atoms with E-state index in [-0.39, 0.29) is 11.3 Å². The number of ketones is 1. The van der Waals surface area contributed by atoms with Crippen LogP contribution in [-0.2, 0) is 4.79 Å². The van der Waals surface area contributed by atoms with Crippen LogP contribution in [0.5, 0.6) is 0 Å². The molecule has 0 fully saturated rings. The monoisotopic (exact) mass is 373 g/mol. The summed E-state index contributed by atoms with van der Waals surface area (Å²) in [6.07, 6.45) is 2.05. The Balaban J connectivity index is 1.99. The lowest BCUT2D eigenvalue weighted by molar-refractivity contribution is -0.858. The van der Waals surface area contributed by atoms with Gasteiger partial charge >= 0.3 is 0 Å². The molecule has 142 valence electrons. The van der Waals surface area contributed by atoms with E-state index in [1.54, 1.807) is 6.07 Å². The largest absolute Gasteiger partial charge is 0.503 e. The fourth-order valence-electron chi connectivity index (χ4n) is 3.25. The highest BCUT2D eigenvalue weighted by molar-refractivity contribution is 6.14. The maximum atomic E-state index is 13.4. The highest BCUT2D eigenvalue weighted by Gasteiger charge is 2.44. The van der Waals surface area contributed by atoms with Crippen molar-refractivity contribution in [3.05, 3.63) is 71.1 Å². The lowest BCUT2D eigenvalue weighted by atomic mass is 9.95. The van der Waals surface area contributed by atoms with E-state index < -0.39 is 29.3 Å². The summed E-state index contributed by atoms with van der Waals surface area (Å²) in [6.45, 7) is 1.19. The molecule has 0 unspecified atom stereocenters. The molecule has 1 atom stereocenters. The van der Waals surface area contributed by atoms with E-state index in [0.717, 1.165) is 6.54 Å². The number of amides is 1. The van der Waals surface area contributed by atoms with Crippen LogP contribution in [0.1, 0.15) is 28.6 Å². The van der Waals surface area contributed by atoms with Crippen LogP contribution >= 0.6 is 0 Å². The number of rotatable bonds is 7. The summed E-state index contributed by atoms with van der Waals surface area (Å²) in [6, 6.07) is 7.84. The van der Waals surface area contributed by atoms with Gasteiger partial charge in [0.2, 0.25) is 5.78 Å². The molecule has 1 amide bonds. The third-order valence-corrected chi connectivity index (χ3v) is 4.55. The number of quaternary nitrogens is 1. The number of carbonyl (C=O) groups excluding carboxylic acids is 2. The number of halogens is 1. The maximum Gasteiger partial charge on any atom is 0.290 e. The van der Waals surface area contributed by atoms with Crippen molar-refractivity contribution in [1.82, 2.24) is 4.90 Å². The van der Waals surface area contributed by atoms with E-state index in [1.807, 2.05) is 14.1 Å². The Hall–Kier alpha value is -2.93. The Kier molecular flexibility index (Phi) is 5.41. The fourth-order valence-corrected chi connectivity index (χ4v) is 3.25. The van der Waals surface area contributed by atoms with Gasteiger partial charge in [-0.3, -0.25) is 9.59 Å². The number of hydrogen-bond acceptors (Lipinski definition) is 4. The molecule has 0 spiro atoms. The third-order valence-electron chi connectivity index (χ3n) is 4.55. The Morgan fingerprint density at radius 3 is 2.56 bits per heavy atom. The molecule has 7 heteroatoms. The quantitative estimate of drug-likeness (QED) is 0.722. The molecule has 2 aromatic rings. The second-order valence-electron chi connectivity index (χ2n) is 6.83. The van der Waals surface area contributed by atoms with Gasteiger partial charge in [-0.25, -0.2) is 4.39 Å². The van der Waals surface area contributed by atoms with Crippen molar-refractivity contribution in [3.63, 3.8) is 0 Å². The molecule has 1 aliphatic heterocycles. The minimum absolute atomic E-state index is 0.0380. The second-order valence-corrected chi connectivity index (χ2v) is 6.83. The van der Waals surface area contributed by atoms with Crippen LogP contribution in [0.2, 0.25) is 0 Å². The first-order valence-electron chi connectivity index (χ1n) is 8.77. The van der Waals surface area contributed by atoms with Crippen molar-refractivity contribution in [2.24, 2.45) is 0 Å². The molecule has 0 saturated heterocycles. The minimum atomic E-state index is -0.784. The number of furan rings is 1. The topological polar surface area (TPSA) is 75.2 Å². The molecule has 0 bridgehead atoms. The molecule has 1 aromatic carbocycles. The van der Waals surface area contributed by atoms with E-state index in [4.69, 9.17) is 4.42 Å². The molecule has 6 nitrogen and oxygen atoms in total. The summed E-state index contributed by atoms with van der Waals surface area (Å²) in [4.78, 5) is 28.2. The van der Waals surface area contributed by atoms with Gasteiger partial charge in [-0.05, 0) is 29.8 Å². The summed E-state index contributed by atoms with van der Waals surface area (Å²) in [5.41, 5.74) is 0.514. The maximum absolute atomic E-state index is 13.4. The number of carbonyl (C=O) groups is 2. The number of aliphatic hydroxyl groups is 1. The second kappa shape index (κ2) is 7.75. The number of nitrogens with zero attached hydrogens (tertiary/aromatic N) is 1. The average Bonchev–Trinajstić information content (AvgIpc) is 3.25. The molecule has 0 saturated carbocycles. The van der Waals surface area contributed by atoms with E-state index in [1.165, 1.54) is 46.4 Å². The Morgan fingerprint density at radius 2 is 1.96 bits per heavy atom. The van der Waals surface area contributed by atoms with Crippen molar-refractivity contribution in [2.45, 2.75) is 12.5 Å². The third kappa shape index (κ3) is 3.78. The van der Waals surface area contributed by atoms with E-state index in [9.17, 15) is 19.1 Å². The van der Waals surface area contributed by atoms with Crippen LogP contribution in [0.25, 0.3) is 0 Å². The number of Topliss-reactive ketones (excluding diaryl/α,β-unsaturated/α-hetero) is 1. The van der Waals surface area contributed by atoms with E-state index in [0.29, 0.717) is 18.5 Å². The summed E-state index contributed by atoms with van der Waals surface area (Å²) >= 11 is 0. The molecule has 2 heterocycles. The van der Waals surface area contributed by atoms with Gasteiger partial charge in [-0.2, -0.15) is 0 Å². The van der Waals surface area contributed by atoms with Crippen molar-refractivity contribution >= 4 is 11.7 Å². The van der Waals surface area contributed by atoms with Gasteiger partial charge in [0.25, 0.3) is 5.91 Å². The van der Waals surface area contributed by atoms with Crippen LogP contribution in [0.3, 0.4) is 0 Å². The van der Waals surface area contributed by atoms with Crippen LogP contribution in [-0.4, -0.2) is 48.9 Å². The van der Waals surface area contributed by atoms with Crippen LogP contribution in [0.15, 0.2) is 58.4 Å². The molecule has 0 radical (unpaired) electrons. The molecule has 1 aliphatic rings. The van der Waals surface area contributed by atoms with Crippen LogP contribution in [0.4, 0.5) is 4.39 Å². The molecular weight excluding hydrogens is 351 g/mol. The van der Waals surface area contributed by atoms with Gasteiger partial charge in [0.05, 0.1) is 38.5 Å². The van der Waals surface area contributed by atoms with Crippen LogP contribution in [0, 0.1) is 5.82 Å². The Bertz CT molecular complexity index is 857. The fraction of sp³-hybridized carbons (Fsp3) is 0.300. The highest BCUT2D eigenvalue weighted by atomic mass is 19.1. The van der Waals surface area contributed by atoms with Gasteiger partial charge < -0.3 is 19.3 Å². The summed E-state index contributed by atoms with van der Waals surface area (Å²) < 4.78 is 18.5. The normalized spacial score (nSPS) is 17.3. The van der Waals surface area contributed by atoms with Gasteiger partial charge in [0.15, 0.2) is 11.5 Å². The number of hydrogen-bond donors (Lipinski definition) is 2. The predicted octanol–water partition coefficient (Wildman–Crippen LogP) is 1.53. The molecule has 3 rings (SSSR count). The zero-order valence-electron chi connectivity index (χ0n) is 15.2. The summed E-state index contributed by atoms with van der Waals surface area (Å²) in [5.74, 6) is -2.12. The average molecular weight is 373 g/mol. The van der Waals surface area contributed by atoms with E-state index in [2.05, 4.69) is 0 Å². The van der Waals surface area contributed by atoms with Crippen molar-refractivity contribution in [1.29, 1.82) is 0 Å². The van der Waals surface area contributed by atoms with Gasteiger partial charge in [0, 0.05) is 13.0 Å². The summed E-state index contributed by atoms with van der Waals surface area (Å²) in [5, 5.41) is 10.4. The zero-order valence-corrected chi connectivity index (χ0v) is 15.2. The van der Waals surface area contributed by atoms with Crippen molar-refractivity contribution in [3.8, 4) is 0 Å². The first-order chi connectivity index (χ1) is 12.9. The highest BCUT2D eigenvalue weighted by Crippen LogP contribution is 2.39. The standard InChI is InChI=1S/C20H21FN2O4/c1-22(2)10-4-11-23-17(13-6-8-14(21)9-7-13)16(19(25)20(23)26)18(24)15-5-3-12-27-15/h3,5-9,12,17,25H,4,10-11H2,1-2H3/p+1/t17-/m0/s1. The molecular formula is C20H22FN2O4+. The Morgan fingerprint density at radius 1 is 1.26 bits per heavy atom. The zero-order chi connectivity index (χ0) is 19.6. The number of aliphatic hydroxyl groups excluding tert-OH is 1.